The molecule has 0 fully saturated rings. The van der Waals surface area contributed by atoms with Crippen molar-refractivity contribution in [1.29, 1.82) is 0 Å². The molecule has 2 aromatic rings. The maximum Gasteiger partial charge on any atom is 0.251 e. The van der Waals surface area contributed by atoms with Crippen LogP contribution in [0.25, 0.3) is 0 Å². The summed E-state index contributed by atoms with van der Waals surface area (Å²) in [6.07, 6.45) is 1.04. The molecule has 2 rings (SSSR count). The number of nitrogens with one attached hydrogen (secondary N) is 1. The highest BCUT2D eigenvalue weighted by Gasteiger charge is 2.08. The lowest BCUT2D eigenvalue weighted by atomic mass is 10.2. The Balaban J connectivity index is 2.00. The average molecular weight is 403 g/mol. The molecule has 5 heteroatoms. The Bertz CT molecular complexity index is 575. The summed E-state index contributed by atoms with van der Waals surface area (Å²) in [5.74, 6) is -0.0616. The fraction of sp³-hybridized carbons (Fsp3) is 0.214. The number of rotatable bonds is 4. The monoisotopic (exact) mass is 401 g/mol. The van der Waals surface area contributed by atoms with Crippen molar-refractivity contribution in [2.45, 2.75) is 19.9 Å². The van der Waals surface area contributed by atoms with Gasteiger partial charge in [0.15, 0.2) is 0 Å². The maximum absolute atomic E-state index is 12.1. The van der Waals surface area contributed by atoms with Crippen LogP contribution in [0.3, 0.4) is 0 Å². The molecule has 0 aliphatic rings. The van der Waals surface area contributed by atoms with Crippen molar-refractivity contribution >= 4 is 49.1 Å². The minimum atomic E-state index is -0.0616. The summed E-state index contributed by atoms with van der Waals surface area (Å²) < 4.78 is 1.77. The van der Waals surface area contributed by atoms with Crippen LogP contribution in [0.5, 0.6) is 0 Å². The van der Waals surface area contributed by atoms with Gasteiger partial charge in [0.1, 0.15) is 0 Å². The Morgan fingerprint density at radius 3 is 2.37 bits per heavy atom. The maximum atomic E-state index is 12.1. The van der Waals surface area contributed by atoms with Gasteiger partial charge in [-0.15, -0.1) is 11.3 Å². The molecule has 2 nitrogen and oxygen atoms in total. The number of carbonyl (C=O) groups excluding carboxylic acids is 1. The zero-order valence-corrected chi connectivity index (χ0v) is 14.4. The van der Waals surface area contributed by atoms with Gasteiger partial charge in [0.25, 0.3) is 5.91 Å². The van der Waals surface area contributed by atoms with E-state index < -0.39 is 0 Å². The van der Waals surface area contributed by atoms with Crippen LogP contribution in [0, 0.1) is 0 Å². The third kappa shape index (κ3) is 4.16. The first kappa shape index (κ1) is 14.8. The summed E-state index contributed by atoms with van der Waals surface area (Å²) in [5.41, 5.74) is 0.647. The molecule has 0 saturated carbocycles. The van der Waals surface area contributed by atoms with Crippen LogP contribution in [0.4, 0.5) is 0 Å². The van der Waals surface area contributed by atoms with E-state index in [1.54, 1.807) is 11.3 Å². The van der Waals surface area contributed by atoms with Crippen molar-refractivity contribution in [2.75, 3.05) is 0 Å². The van der Waals surface area contributed by atoms with Gasteiger partial charge in [-0.1, -0.05) is 38.8 Å². The van der Waals surface area contributed by atoms with E-state index in [2.05, 4.69) is 56.2 Å². The number of aryl methyl sites for hydroxylation is 1. The van der Waals surface area contributed by atoms with Gasteiger partial charge in [0.05, 0.1) is 6.54 Å². The molecule has 1 amide bonds. The Morgan fingerprint density at radius 2 is 1.79 bits per heavy atom. The molecular weight excluding hydrogens is 390 g/mol. The second-order valence-electron chi connectivity index (χ2n) is 4.06. The number of hydrogen-bond acceptors (Lipinski definition) is 2. The molecule has 1 heterocycles. The highest BCUT2D eigenvalue weighted by atomic mass is 79.9. The molecule has 1 aromatic carbocycles. The van der Waals surface area contributed by atoms with Gasteiger partial charge in [-0.25, -0.2) is 0 Å². The lowest BCUT2D eigenvalue weighted by molar-refractivity contribution is 0.0951. The molecule has 100 valence electrons. The van der Waals surface area contributed by atoms with Crippen molar-refractivity contribution in [3.05, 3.63) is 54.6 Å². The number of hydrogen-bond donors (Lipinski definition) is 1. The minimum Gasteiger partial charge on any atom is -0.347 e. The van der Waals surface area contributed by atoms with Crippen LogP contribution < -0.4 is 5.32 Å². The molecule has 1 N–H and O–H groups in total. The first-order valence-corrected chi connectivity index (χ1v) is 8.30. The summed E-state index contributed by atoms with van der Waals surface area (Å²) in [6.45, 7) is 2.71. The molecule has 0 aliphatic heterocycles. The average Bonchev–Trinajstić information content (AvgIpc) is 2.82. The number of amides is 1. The minimum absolute atomic E-state index is 0.0616. The lowest BCUT2D eigenvalue weighted by Gasteiger charge is -2.05. The van der Waals surface area contributed by atoms with E-state index in [0.717, 1.165) is 15.4 Å². The van der Waals surface area contributed by atoms with Crippen LogP contribution in [-0.4, -0.2) is 5.91 Å². The molecule has 0 bridgehead atoms. The topological polar surface area (TPSA) is 29.1 Å². The molecular formula is C14H13Br2NOS. The number of benzene rings is 1. The van der Waals surface area contributed by atoms with E-state index in [9.17, 15) is 4.79 Å². The van der Waals surface area contributed by atoms with Gasteiger partial charge in [0, 0.05) is 24.3 Å². The second kappa shape index (κ2) is 6.68. The summed E-state index contributed by atoms with van der Waals surface area (Å²) in [6, 6.07) is 9.71. The van der Waals surface area contributed by atoms with Crippen LogP contribution in [0.1, 0.15) is 27.0 Å². The van der Waals surface area contributed by atoms with Crippen molar-refractivity contribution in [3.8, 4) is 0 Å². The molecule has 0 saturated heterocycles. The normalized spacial score (nSPS) is 10.5. The number of carbonyl (C=O) groups is 1. The van der Waals surface area contributed by atoms with E-state index in [1.807, 2.05) is 18.2 Å². The summed E-state index contributed by atoms with van der Waals surface area (Å²) in [4.78, 5) is 14.6. The summed E-state index contributed by atoms with van der Waals surface area (Å²) >= 11 is 8.51. The van der Waals surface area contributed by atoms with Crippen molar-refractivity contribution in [3.63, 3.8) is 0 Å². The first-order valence-electron chi connectivity index (χ1n) is 5.90. The molecule has 0 atom stereocenters. The van der Waals surface area contributed by atoms with Crippen LogP contribution >= 0.6 is 43.2 Å². The van der Waals surface area contributed by atoms with Gasteiger partial charge < -0.3 is 5.32 Å². The van der Waals surface area contributed by atoms with Gasteiger partial charge >= 0.3 is 0 Å². The highest BCUT2D eigenvalue weighted by Crippen LogP contribution is 2.20. The van der Waals surface area contributed by atoms with Crippen LogP contribution in [0.15, 0.2) is 39.3 Å². The molecule has 19 heavy (non-hydrogen) atoms. The number of thiophene rings is 1. The molecule has 0 radical (unpaired) electrons. The predicted octanol–water partition coefficient (Wildman–Crippen LogP) is 4.77. The Kier molecular flexibility index (Phi) is 5.19. The highest BCUT2D eigenvalue weighted by molar-refractivity contribution is 9.11. The Morgan fingerprint density at radius 1 is 1.16 bits per heavy atom. The molecule has 0 spiro atoms. The third-order valence-electron chi connectivity index (χ3n) is 2.61. The van der Waals surface area contributed by atoms with E-state index in [4.69, 9.17) is 0 Å². The Labute approximate surface area is 133 Å². The van der Waals surface area contributed by atoms with E-state index in [-0.39, 0.29) is 5.91 Å². The summed E-state index contributed by atoms with van der Waals surface area (Å²) in [5, 5.41) is 2.94. The summed E-state index contributed by atoms with van der Waals surface area (Å²) in [7, 11) is 0. The van der Waals surface area contributed by atoms with Crippen molar-refractivity contribution in [1.82, 2.24) is 5.32 Å². The zero-order chi connectivity index (χ0) is 13.8. The smallest absolute Gasteiger partial charge is 0.251 e. The molecule has 1 aromatic heterocycles. The third-order valence-corrected chi connectivity index (χ3v) is 4.76. The van der Waals surface area contributed by atoms with E-state index in [1.165, 1.54) is 9.75 Å². The van der Waals surface area contributed by atoms with Gasteiger partial charge in [-0.2, -0.15) is 0 Å². The standard InChI is InChI=1S/C14H13Br2NOS/c1-2-12-3-4-13(19-12)8-17-14(18)9-5-10(15)7-11(16)6-9/h3-7H,2,8H2,1H3,(H,17,18). The number of halogens is 2. The zero-order valence-electron chi connectivity index (χ0n) is 10.4. The molecule has 0 unspecified atom stereocenters. The Hall–Kier alpha value is -0.650. The predicted molar refractivity (Wildman–Crippen MR) is 86.7 cm³/mol. The SMILES string of the molecule is CCc1ccc(CNC(=O)c2cc(Br)cc(Br)c2)s1. The van der Waals surface area contributed by atoms with Crippen LogP contribution in [-0.2, 0) is 13.0 Å². The fourth-order valence-electron chi connectivity index (χ4n) is 1.66. The van der Waals surface area contributed by atoms with Gasteiger partial charge in [-0.05, 0) is 36.8 Å². The van der Waals surface area contributed by atoms with E-state index in [0.29, 0.717) is 12.1 Å². The van der Waals surface area contributed by atoms with E-state index >= 15 is 0 Å². The lowest BCUT2D eigenvalue weighted by Crippen LogP contribution is -2.22. The largest absolute Gasteiger partial charge is 0.347 e. The fourth-order valence-corrected chi connectivity index (χ4v) is 3.85. The van der Waals surface area contributed by atoms with Gasteiger partial charge in [-0.3, -0.25) is 4.79 Å². The van der Waals surface area contributed by atoms with Crippen molar-refractivity contribution in [2.24, 2.45) is 0 Å². The second-order valence-corrected chi connectivity index (χ2v) is 7.15. The van der Waals surface area contributed by atoms with Gasteiger partial charge in [0.2, 0.25) is 0 Å². The quantitative estimate of drug-likeness (QED) is 0.784. The van der Waals surface area contributed by atoms with Crippen LogP contribution in [0.2, 0.25) is 0 Å². The molecule has 0 aliphatic carbocycles. The van der Waals surface area contributed by atoms with Crippen molar-refractivity contribution < 1.29 is 4.79 Å². The first-order chi connectivity index (χ1) is 9.08.